The molecule has 0 atom stereocenters. The molecule has 4 nitrogen and oxygen atoms in total. The van der Waals surface area contributed by atoms with E-state index in [0.717, 1.165) is 22.6 Å². The minimum absolute atomic E-state index is 0.00265. The Hall–Kier alpha value is -2.10. The van der Waals surface area contributed by atoms with E-state index in [1.54, 1.807) is 0 Å². The van der Waals surface area contributed by atoms with E-state index >= 15 is 0 Å². The SMILES string of the molecule is Cc1cc(-c2cccc(NC(=O)C(C)(C)C)c2)n[nH]1. The highest BCUT2D eigenvalue weighted by molar-refractivity contribution is 5.95. The topological polar surface area (TPSA) is 57.8 Å². The minimum Gasteiger partial charge on any atom is -0.326 e. The van der Waals surface area contributed by atoms with Crippen molar-refractivity contribution in [1.82, 2.24) is 10.2 Å². The van der Waals surface area contributed by atoms with Crippen molar-refractivity contribution < 1.29 is 4.79 Å². The number of anilines is 1. The van der Waals surface area contributed by atoms with Gasteiger partial charge in [-0.1, -0.05) is 32.9 Å². The molecule has 1 aromatic carbocycles. The van der Waals surface area contributed by atoms with Gasteiger partial charge in [0.2, 0.25) is 5.91 Å². The van der Waals surface area contributed by atoms with Gasteiger partial charge in [-0.25, -0.2) is 0 Å². The zero-order valence-corrected chi connectivity index (χ0v) is 11.7. The van der Waals surface area contributed by atoms with Gasteiger partial charge in [-0.3, -0.25) is 9.89 Å². The molecule has 0 aliphatic carbocycles. The number of rotatable bonds is 2. The first kappa shape index (κ1) is 13.3. The van der Waals surface area contributed by atoms with E-state index in [2.05, 4.69) is 15.5 Å². The van der Waals surface area contributed by atoms with E-state index in [1.807, 2.05) is 58.0 Å². The second-order valence-corrected chi connectivity index (χ2v) is 5.72. The number of carbonyl (C=O) groups is 1. The Labute approximate surface area is 113 Å². The number of nitrogens with one attached hydrogen (secondary N) is 2. The first-order valence-corrected chi connectivity index (χ1v) is 6.30. The van der Waals surface area contributed by atoms with Gasteiger partial charge in [0.05, 0.1) is 5.69 Å². The van der Waals surface area contributed by atoms with E-state index in [1.165, 1.54) is 0 Å². The fourth-order valence-corrected chi connectivity index (χ4v) is 1.64. The molecule has 0 aliphatic heterocycles. The van der Waals surface area contributed by atoms with Crippen molar-refractivity contribution in [3.8, 4) is 11.3 Å². The highest BCUT2D eigenvalue weighted by Gasteiger charge is 2.21. The molecule has 0 saturated carbocycles. The van der Waals surface area contributed by atoms with Gasteiger partial charge in [-0.15, -0.1) is 0 Å². The Balaban J connectivity index is 2.23. The van der Waals surface area contributed by atoms with Crippen LogP contribution in [0.15, 0.2) is 30.3 Å². The number of aromatic nitrogens is 2. The fourth-order valence-electron chi connectivity index (χ4n) is 1.64. The average molecular weight is 257 g/mol. The second-order valence-electron chi connectivity index (χ2n) is 5.72. The average Bonchev–Trinajstić information content (AvgIpc) is 2.75. The third-order valence-corrected chi connectivity index (χ3v) is 2.80. The van der Waals surface area contributed by atoms with Crippen LogP contribution in [0.25, 0.3) is 11.3 Å². The number of carbonyl (C=O) groups excluding carboxylic acids is 1. The molecule has 0 fully saturated rings. The molecule has 0 saturated heterocycles. The van der Waals surface area contributed by atoms with E-state index in [0.29, 0.717) is 0 Å². The molecule has 1 amide bonds. The number of amides is 1. The summed E-state index contributed by atoms with van der Waals surface area (Å²) in [5.74, 6) is 0.00265. The van der Waals surface area contributed by atoms with Crippen LogP contribution in [0.2, 0.25) is 0 Å². The molecule has 4 heteroatoms. The third kappa shape index (κ3) is 3.22. The van der Waals surface area contributed by atoms with E-state index in [-0.39, 0.29) is 5.91 Å². The van der Waals surface area contributed by atoms with Gasteiger partial charge < -0.3 is 5.32 Å². The monoisotopic (exact) mass is 257 g/mol. The molecule has 0 bridgehead atoms. The largest absolute Gasteiger partial charge is 0.326 e. The maximum Gasteiger partial charge on any atom is 0.229 e. The number of aryl methyl sites for hydroxylation is 1. The van der Waals surface area contributed by atoms with Crippen LogP contribution in [-0.2, 0) is 4.79 Å². The third-order valence-electron chi connectivity index (χ3n) is 2.80. The van der Waals surface area contributed by atoms with Gasteiger partial charge >= 0.3 is 0 Å². The van der Waals surface area contributed by atoms with Crippen molar-refractivity contribution in [1.29, 1.82) is 0 Å². The summed E-state index contributed by atoms with van der Waals surface area (Å²) in [6, 6.07) is 9.68. The van der Waals surface area contributed by atoms with Crippen LogP contribution in [0.3, 0.4) is 0 Å². The Kier molecular flexibility index (Phi) is 3.42. The molecule has 2 N–H and O–H groups in total. The Bertz CT molecular complexity index is 593. The molecule has 19 heavy (non-hydrogen) atoms. The van der Waals surface area contributed by atoms with E-state index in [9.17, 15) is 4.79 Å². The molecule has 0 radical (unpaired) electrons. The van der Waals surface area contributed by atoms with Gasteiger partial charge in [0.15, 0.2) is 0 Å². The van der Waals surface area contributed by atoms with E-state index < -0.39 is 5.41 Å². The molecule has 0 spiro atoms. The van der Waals surface area contributed by atoms with Crippen molar-refractivity contribution in [2.24, 2.45) is 5.41 Å². The molecular weight excluding hydrogens is 238 g/mol. The van der Waals surface area contributed by atoms with Gasteiger partial charge in [0.1, 0.15) is 0 Å². The summed E-state index contributed by atoms with van der Waals surface area (Å²) in [5.41, 5.74) is 3.26. The smallest absolute Gasteiger partial charge is 0.229 e. The number of hydrogen-bond acceptors (Lipinski definition) is 2. The fraction of sp³-hybridized carbons (Fsp3) is 0.333. The maximum atomic E-state index is 12.0. The van der Waals surface area contributed by atoms with Crippen molar-refractivity contribution in [3.63, 3.8) is 0 Å². The van der Waals surface area contributed by atoms with Gasteiger partial charge in [0.25, 0.3) is 0 Å². The second kappa shape index (κ2) is 4.88. The quantitative estimate of drug-likeness (QED) is 0.866. The van der Waals surface area contributed by atoms with Crippen LogP contribution in [0, 0.1) is 12.3 Å². The predicted molar refractivity (Wildman–Crippen MR) is 76.8 cm³/mol. The summed E-state index contributed by atoms with van der Waals surface area (Å²) in [7, 11) is 0. The summed E-state index contributed by atoms with van der Waals surface area (Å²) in [4.78, 5) is 12.0. The highest BCUT2D eigenvalue weighted by atomic mass is 16.2. The zero-order chi connectivity index (χ0) is 14.0. The lowest BCUT2D eigenvalue weighted by Gasteiger charge is -2.17. The first-order valence-electron chi connectivity index (χ1n) is 6.30. The van der Waals surface area contributed by atoms with Gasteiger partial charge in [-0.05, 0) is 25.1 Å². The summed E-state index contributed by atoms with van der Waals surface area (Å²) >= 11 is 0. The van der Waals surface area contributed by atoms with Crippen molar-refractivity contribution >= 4 is 11.6 Å². The van der Waals surface area contributed by atoms with Crippen molar-refractivity contribution in [2.75, 3.05) is 5.32 Å². The van der Waals surface area contributed by atoms with Crippen LogP contribution >= 0.6 is 0 Å². The summed E-state index contributed by atoms with van der Waals surface area (Å²) in [5, 5.41) is 10.1. The van der Waals surface area contributed by atoms with Crippen molar-refractivity contribution in [2.45, 2.75) is 27.7 Å². The molecule has 1 aromatic heterocycles. The number of benzene rings is 1. The number of H-pyrrole nitrogens is 1. The van der Waals surface area contributed by atoms with E-state index in [4.69, 9.17) is 0 Å². The molecule has 100 valence electrons. The zero-order valence-electron chi connectivity index (χ0n) is 11.7. The Morgan fingerprint density at radius 1 is 1.26 bits per heavy atom. The normalized spacial score (nSPS) is 11.4. The van der Waals surface area contributed by atoms with Crippen LogP contribution in [0.5, 0.6) is 0 Å². The Morgan fingerprint density at radius 3 is 2.58 bits per heavy atom. The van der Waals surface area contributed by atoms with Crippen LogP contribution in [-0.4, -0.2) is 16.1 Å². The summed E-state index contributed by atoms with van der Waals surface area (Å²) < 4.78 is 0. The van der Waals surface area contributed by atoms with Gasteiger partial charge in [-0.2, -0.15) is 5.10 Å². The standard InChI is InChI=1S/C15H19N3O/c1-10-8-13(18-17-10)11-6-5-7-12(9-11)16-14(19)15(2,3)4/h5-9H,1-4H3,(H,16,19)(H,17,18). The predicted octanol–water partition coefficient (Wildman–Crippen LogP) is 3.37. The Morgan fingerprint density at radius 2 is 2.00 bits per heavy atom. The first-order chi connectivity index (χ1) is 8.86. The molecule has 0 aliphatic rings. The number of nitrogens with zero attached hydrogens (tertiary/aromatic N) is 1. The number of aromatic amines is 1. The molecule has 0 unspecified atom stereocenters. The molecule has 1 heterocycles. The minimum atomic E-state index is -0.404. The molecule has 2 rings (SSSR count). The molecular formula is C15H19N3O. The maximum absolute atomic E-state index is 12.0. The summed E-state index contributed by atoms with van der Waals surface area (Å²) in [6.45, 7) is 7.64. The van der Waals surface area contributed by atoms with Gasteiger partial charge in [0, 0.05) is 22.4 Å². The van der Waals surface area contributed by atoms with Crippen molar-refractivity contribution in [3.05, 3.63) is 36.0 Å². The lowest BCUT2D eigenvalue weighted by atomic mass is 9.95. The van der Waals surface area contributed by atoms with Crippen LogP contribution in [0.1, 0.15) is 26.5 Å². The van der Waals surface area contributed by atoms with Crippen LogP contribution < -0.4 is 5.32 Å². The van der Waals surface area contributed by atoms with Crippen LogP contribution in [0.4, 0.5) is 5.69 Å². The highest BCUT2D eigenvalue weighted by Crippen LogP contribution is 2.23. The lowest BCUT2D eigenvalue weighted by molar-refractivity contribution is -0.123. The lowest BCUT2D eigenvalue weighted by Crippen LogP contribution is -2.27. The summed E-state index contributed by atoms with van der Waals surface area (Å²) in [6.07, 6.45) is 0. The number of hydrogen-bond donors (Lipinski definition) is 2. The molecule has 2 aromatic rings.